The standard InChI is InChI=1S/C28H34Cl3N3O2/c1-19(2)15-34(27(36)28(3,4)18-29)17-26(35)33(16-20-9-10-23(30)24(31)13-20)12-11-21-14-32-25-8-6-5-7-22(21)25/h5-10,13-14,19,32H,11-12,15-18H2,1-4H3. The van der Waals surface area contributed by atoms with Crippen molar-refractivity contribution in [3.8, 4) is 0 Å². The molecule has 1 aromatic heterocycles. The number of hydrogen-bond acceptors (Lipinski definition) is 2. The first-order valence-corrected chi connectivity index (χ1v) is 13.4. The number of fused-ring (bicyclic) bond motifs is 1. The second-order valence-corrected chi connectivity index (χ2v) is 11.4. The van der Waals surface area contributed by atoms with Crippen molar-refractivity contribution in [3.63, 3.8) is 0 Å². The van der Waals surface area contributed by atoms with Crippen molar-refractivity contribution in [2.75, 3.05) is 25.5 Å². The van der Waals surface area contributed by atoms with Crippen LogP contribution in [-0.4, -0.2) is 52.1 Å². The number of carbonyl (C=O) groups excluding carboxylic acids is 2. The second-order valence-electron chi connectivity index (χ2n) is 10.3. The number of rotatable bonds is 11. The number of alkyl halides is 1. The summed E-state index contributed by atoms with van der Waals surface area (Å²) in [7, 11) is 0. The van der Waals surface area contributed by atoms with Gasteiger partial charge in [0.1, 0.15) is 0 Å². The Kier molecular flexibility index (Phi) is 9.73. The maximum Gasteiger partial charge on any atom is 0.242 e. The number of benzene rings is 2. The first-order valence-electron chi connectivity index (χ1n) is 12.1. The maximum absolute atomic E-state index is 13.7. The molecule has 0 unspecified atom stereocenters. The Morgan fingerprint density at radius 3 is 2.42 bits per heavy atom. The van der Waals surface area contributed by atoms with Crippen molar-refractivity contribution in [1.82, 2.24) is 14.8 Å². The number of nitrogens with one attached hydrogen (secondary N) is 1. The first-order chi connectivity index (χ1) is 17.0. The Bertz CT molecular complexity index is 1210. The summed E-state index contributed by atoms with van der Waals surface area (Å²) in [5.74, 6) is 0.149. The number of aromatic nitrogens is 1. The molecule has 194 valence electrons. The third-order valence-electron chi connectivity index (χ3n) is 6.15. The summed E-state index contributed by atoms with van der Waals surface area (Å²) in [6.45, 7) is 9.01. The van der Waals surface area contributed by atoms with Gasteiger partial charge in [0.25, 0.3) is 0 Å². The molecule has 36 heavy (non-hydrogen) atoms. The molecule has 0 fully saturated rings. The fourth-order valence-corrected chi connectivity index (χ4v) is 4.59. The zero-order valence-corrected chi connectivity index (χ0v) is 23.6. The van der Waals surface area contributed by atoms with Gasteiger partial charge in [-0.1, -0.05) is 61.3 Å². The van der Waals surface area contributed by atoms with Gasteiger partial charge in [-0.25, -0.2) is 0 Å². The predicted octanol–water partition coefficient (Wildman–Crippen LogP) is 6.80. The molecule has 5 nitrogen and oxygen atoms in total. The van der Waals surface area contributed by atoms with Crippen LogP contribution in [-0.2, 0) is 22.6 Å². The zero-order chi connectivity index (χ0) is 26.5. The van der Waals surface area contributed by atoms with Gasteiger partial charge >= 0.3 is 0 Å². The minimum Gasteiger partial charge on any atom is -0.361 e. The van der Waals surface area contributed by atoms with Gasteiger partial charge in [-0.2, -0.15) is 0 Å². The molecule has 2 aromatic carbocycles. The Labute approximate surface area is 228 Å². The lowest BCUT2D eigenvalue weighted by molar-refractivity contribution is -0.146. The zero-order valence-electron chi connectivity index (χ0n) is 21.3. The molecule has 3 rings (SSSR count). The molecular weight excluding hydrogens is 517 g/mol. The number of nitrogens with zero attached hydrogens (tertiary/aromatic N) is 2. The molecule has 0 spiro atoms. The van der Waals surface area contributed by atoms with Gasteiger partial charge in [0.05, 0.1) is 22.0 Å². The molecule has 1 heterocycles. The van der Waals surface area contributed by atoms with Crippen LogP contribution in [0.1, 0.15) is 38.8 Å². The number of aromatic amines is 1. The van der Waals surface area contributed by atoms with E-state index in [0.717, 1.165) is 22.0 Å². The van der Waals surface area contributed by atoms with E-state index in [0.29, 0.717) is 36.1 Å². The number of halogens is 3. The fraction of sp³-hybridized carbons (Fsp3) is 0.429. The molecule has 0 saturated carbocycles. The van der Waals surface area contributed by atoms with E-state index in [4.69, 9.17) is 34.8 Å². The summed E-state index contributed by atoms with van der Waals surface area (Å²) in [5, 5.41) is 2.05. The third-order valence-corrected chi connectivity index (χ3v) is 7.56. The minimum absolute atomic E-state index is 0.00740. The molecular formula is C28H34Cl3N3O2. The van der Waals surface area contributed by atoms with Gasteiger partial charge < -0.3 is 14.8 Å². The molecule has 0 aliphatic rings. The van der Waals surface area contributed by atoms with Crippen LogP contribution < -0.4 is 0 Å². The molecule has 8 heteroatoms. The van der Waals surface area contributed by atoms with Gasteiger partial charge in [-0.15, -0.1) is 11.6 Å². The summed E-state index contributed by atoms with van der Waals surface area (Å²) in [4.78, 5) is 33.6. The van der Waals surface area contributed by atoms with E-state index in [1.165, 1.54) is 0 Å². The quantitative estimate of drug-likeness (QED) is 0.267. The van der Waals surface area contributed by atoms with E-state index < -0.39 is 5.41 Å². The number of para-hydroxylation sites is 1. The van der Waals surface area contributed by atoms with Crippen LogP contribution >= 0.6 is 34.8 Å². The Balaban J connectivity index is 1.85. The SMILES string of the molecule is CC(C)CN(CC(=O)N(CCc1c[nH]c2ccccc12)Cc1ccc(Cl)c(Cl)c1)C(=O)C(C)(C)CCl. The lowest BCUT2D eigenvalue weighted by Gasteiger charge is -2.33. The molecule has 0 atom stereocenters. The Morgan fingerprint density at radius 1 is 1.03 bits per heavy atom. The van der Waals surface area contributed by atoms with Crippen molar-refractivity contribution >= 4 is 57.5 Å². The lowest BCUT2D eigenvalue weighted by Crippen LogP contribution is -2.49. The van der Waals surface area contributed by atoms with E-state index in [1.807, 2.05) is 58.2 Å². The van der Waals surface area contributed by atoms with Crippen molar-refractivity contribution in [3.05, 3.63) is 69.8 Å². The summed E-state index contributed by atoms with van der Waals surface area (Å²) in [6.07, 6.45) is 2.66. The molecule has 3 aromatic rings. The molecule has 0 aliphatic heterocycles. The van der Waals surface area contributed by atoms with Gasteiger partial charge in [-0.3, -0.25) is 9.59 Å². The van der Waals surface area contributed by atoms with E-state index in [2.05, 4.69) is 11.1 Å². The van der Waals surface area contributed by atoms with Crippen molar-refractivity contribution in [2.45, 2.75) is 40.7 Å². The highest BCUT2D eigenvalue weighted by atomic mass is 35.5. The minimum atomic E-state index is -0.755. The third kappa shape index (κ3) is 7.18. The van der Waals surface area contributed by atoms with E-state index in [1.54, 1.807) is 21.9 Å². The Morgan fingerprint density at radius 2 is 1.75 bits per heavy atom. The topological polar surface area (TPSA) is 56.4 Å². The number of carbonyl (C=O) groups is 2. The van der Waals surface area contributed by atoms with Crippen LogP contribution in [0.2, 0.25) is 10.0 Å². The fourth-order valence-electron chi connectivity index (χ4n) is 4.15. The highest BCUT2D eigenvalue weighted by molar-refractivity contribution is 6.42. The Hall–Kier alpha value is -2.21. The van der Waals surface area contributed by atoms with Crippen molar-refractivity contribution in [1.29, 1.82) is 0 Å². The van der Waals surface area contributed by atoms with Gasteiger partial charge in [0.15, 0.2) is 0 Å². The van der Waals surface area contributed by atoms with E-state index in [-0.39, 0.29) is 30.2 Å². The van der Waals surface area contributed by atoms with Crippen LogP contribution in [0.15, 0.2) is 48.7 Å². The van der Waals surface area contributed by atoms with Crippen LogP contribution in [0.25, 0.3) is 10.9 Å². The predicted molar refractivity (Wildman–Crippen MR) is 150 cm³/mol. The van der Waals surface area contributed by atoms with Gasteiger partial charge in [0.2, 0.25) is 11.8 Å². The number of amides is 2. The average molecular weight is 551 g/mol. The van der Waals surface area contributed by atoms with Crippen LogP contribution in [0.5, 0.6) is 0 Å². The smallest absolute Gasteiger partial charge is 0.242 e. The number of hydrogen-bond donors (Lipinski definition) is 1. The van der Waals surface area contributed by atoms with E-state index in [9.17, 15) is 9.59 Å². The molecule has 0 bridgehead atoms. The molecule has 1 N–H and O–H groups in total. The summed E-state index contributed by atoms with van der Waals surface area (Å²) < 4.78 is 0. The maximum atomic E-state index is 13.7. The van der Waals surface area contributed by atoms with Crippen molar-refractivity contribution < 1.29 is 9.59 Å². The molecule has 0 radical (unpaired) electrons. The van der Waals surface area contributed by atoms with Crippen LogP contribution in [0.3, 0.4) is 0 Å². The van der Waals surface area contributed by atoms with E-state index >= 15 is 0 Å². The van der Waals surface area contributed by atoms with Crippen LogP contribution in [0, 0.1) is 11.3 Å². The molecule has 0 saturated heterocycles. The van der Waals surface area contributed by atoms with Crippen LogP contribution in [0.4, 0.5) is 0 Å². The highest BCUT2D eigenvalue weighted by Gasteiger charge is 2.33. The molecule has 0 aliphatic carbocycles. The molecule has 2 amide bonds. The highest BCUT2D eigenvalue weighted by Crippen LogP contribution is 2.25. The summed E-state index contributed by atoms with van der Waals surface area (Å²) >= 11 is 18.4. The van der Waals surface area contributed by atoms with Gasteiger partial charge in [0, 0.05) is 42.6 Å². The first kappa shape index (κ1) is 28.4. The van der Waals surface area contributed by atoms with Gasteiger partial charge in [-0.05, 0) is 55.5 Å². The largest absolute Gasteiger partial charge is 0.361 e. The summed E-state index contributed by atoms with van der Waals surface area (Å²) in [6, 6.07) is 13.5. The number of H-pyrrole nitrogens is 1. The monoisotopic (exact) mass is 549 g/mol. The van der Waals surface area contributed by atoms with Crippen molar-refractivity contribution in [2.24, 2.45) is 11.3 Å². The normalized spacial score (nSPS) is 11.8. The summed E-state index contributed by atoms with van der Waals surface area (Å²) in [5.41, 5.74) is 2.32. The lowest BCUT2D eigenvalue weighted by atomic mass is 9.93. The average Bonchev–Trinajstić information content (AvgIpc) is 3.25. The second kappa shape index (κ2) is 12.4.